The van der Waals surface area contributed by atoms with Crippen molar-refractivity contribution in [3.63, 3.8) is 0 Å². The van der Waals surface area contributed by atoms with E-state index in [1.165, 1.54) is 5.56 Å². The highest BCUT2D eigenvalue weighted by Crippen LogP contribution is 2.17. The van der Waals surface area contributed by atoms with Gasteiger partial charge in [0, 0.05) is 21.6 Å². The summed E-state index contributed by atoms with van der Waals surface area (Å²) in [5, 5.41) is 1.09. The molecule has 0 aliphatic heterocycles. The smallest absolute Gasteiger partial charge is 0.0484 e. The number of nitrogens with one attached hydrogen (secondary N) is 1. The van der Waals surface area contributed by atoms with Gasteiger partial charge in [-0.3, -0.25) is 0 Å². The van der Waals surface area contributed by atoms with Gasteiger partial charge >= 0.3 is 0 Å². The van der Waals surface area contributed by atoms with Crippen LogP contribution in [-0.2, 0) is 0 Å². The van der Waals surface area contributed by atoms with Crippen LogP contribution in [0.2, 0.25) is 0 Å². The molecule has 0 bridgehead atoms. The van der Waals surface area contributed by atoms with Crippen LogP contribution in [0.1, 0.15) is 11.1 Å². The van der Waals surface area contributed by atoms with Crippen LogP contribution in [0, 0.1) is 4.51 Å². The Labute approximate surface area is 117 Å². The van der Waals surface area contributed by atoms with Crippen molar-refractivity contribution in [3.05, 3.63) is 76.4 Å². The molecule has 0 aliphatic rings. The maximum atomic E-state index is 5.30. The molecule has 1 nitrogen and oxygen atoms in total. The van der Waals surface area contributed by atoms with Gasteiger partial charge in [-0.2, -0.15) is 0 Å². The third kappa shape index (κ3) is 2.64. The zero-order valence-corrected chi connectivity index (χ0v) is 11.2. The van der Waals surface area contributed by atoms with Gasteiger partial charge in [-0.05, 0) is 23.3 Å². The molecule has 19 heavy (non-hydrogen) atoms. The first kappa shape index (κ1) is 11.9. The van der Waals surface area contributed by atoms with Gasteiger partial charge in [-0.1, -0.05) is 66.8 Å². The van der Waals surface area contributed by atoms with E-state index in [0.717, 1.165) is 21.0 Å². The lowest BCUT2D eigenvalue weighted by Crippen LogP contribution is -1.80. The topological polar surface area (TPSA) is 15.8 Å². The summed E-state index contributed by atoms with van der Waals surface area (Å²) in [5.41, 5.74) is 3.43. The molecule has 0 atom stereocenters. The molecule has 0 aliphatic carbocycles. The van der Waals surface area contributed by atoms with Gasteiger partial charge < -0.3 is 4.98 Å². The zero-order chi connectivity index (χ0) is 13.1. The zero-order valence-electron chi connectivity index (χ0n) is 10.3. The molecule has 0 saturated carbocycles. The molecule has 92 valence electrons. The van der Waals surface area contributed by atoms with Gasteiger partial charge in [-0.25, -0.2) is 0 Å². The summed E-state index contributed by atoms with van der Waals surface area (Å²) in [6.07, 6.45) is 6.10. The minimum absolute atomic E-state index is 0.882. The van der Waals surface area contributed by atoms with Crippen LogP contribution in [0.3, 0.4) is 0 Å². The van der Waals surface area contributed by atoms with Gasteiger partial charge in [0.15, 0.2) is 0 Å². The molecule has 1 aromatic heterocycles. The van der Waals surface area contributed by atoms with E-state index in [4.69, 9.17) is 12.2 Å². The first-order valence-electron chi connectivity index (χ1n) is 6.17. The summed E-state index contributed by atoms with van der Waals surface area (Å²) in [7, 11) is 0. The summed E-state index contributed by atoms with van der Waals surface area (Å²) in [4.78, 5) is 3.23. The maximum Gasteiger partial charge on any atom is 0.0484 e. The molecular weight excluding hydrogens is 250 g/mol. The molecule has 0 fully saturated rings. The summed E-state index contributed by atoms with van der Waals surface area (Å²) < 4.78 is 0.882. The van der Waals surface area contributed by atoms with Crippen LogP contribution >= 0.6 is 12.2 Å². The van der Waals surface area contributed by atoms with Crippen molar-refractivity contribution in [2.75, 3.05) is 0 Å². The van der Waals surface area contributed by atoms with Crippen molar-refractivity contribution in [1.82, 2.24) is 4.98 Å². The largest absolute Gasteiger partial charge is 0.361 e. The van der Waals surface area contributed by atoms with Gasteiger partial charge in [-0.15, -0.1) is 0 Å². The highest BCUT2D eigenvalue weighted by Gasteiger charge is 1.95. The van der Waals surface area contributed by atoms with Crippen molar-refractivity contribution in [1.29, 1.82) is 0 Å². The number of aromatic amines is 1. The molecule has 1 N–H and O–H groups in total. The van der Waals surface area contributed by atoms with Crippen LogP contribution in [0.5, 0.6) is 0 Å². The van der Waals surface area contributed by atoms with Gasteiger partial charge in [0.2, 0.25) is 0 Å². The highest BCUT2D eigenvalue weighted by atomic mass is 32.1. The Balaban J connectivity index is 1.98. The quantitative estimate of drug-likeness (QED) is 0.504. The van der Waals surface area contributed by atoms with Crippen LogP contribution in [0.4, 0.5) is 0 Å². The van der Waals surface area contributed by atoms with E-state index in [1.807, 2.05) is 30.5 Å². The molecule has 1 heterocycles. The van der Waals surface area contributed by atoms with Gasteiger partial charge in [0.1, 0.15) is 0 Å². The number of hydrogen-bond donors (Lipinski definition) is 1. The number of rotatable bonds is 2. The Morgan fingerprint density at radius 3 is 2.47 bits per heavy atom. The first-order chi connectivity index (χ1) is 9.33. The van der Waals surface area contributed by atoms with E-state index >= 15 is 0 Å². The van der Waals surface area contributed by atoms with E-state index in [1.54, 1.807) is 0 Å². The van der Waals surface area contributed by atoms with E-state index in [0.29, 0.717) is 0 Å². The average Bonchev–Trinajstić information content (AvgIpc) is 2.46. The standard InChI is InChI=1S/C17H13NS/c19-17-10-11-18-16-12-14(8-9-15(16)17)7-6-13-4-2-1-3-5-13/h1-12H,(H,18,19)/b7-6+. The average molecular weight is 263 g/mol. The molecule has 0 spiro atoms. The Morgan fingerprint density at radius 2 is 1.63 bits per heavy atom. The SMILES string of the molecule is S=c1cc[nH]c2cc(/C=C/c3ccccc3)ccc12. The molecule has 0 saturated heterocycles. The Hall–Kier alpha value is -2.19. The second-order valence-corrected chi connectivity index (χ2v) is 4.83. The van der Waals surface area contributed by atoms with Crippen molar-refractivity contribution < 1.29 is 0 Å². The molecule has 2 aromatic carbocycles. The molecular formula is C17H13NS. The number of hydrogen-bond acceptors (Lipinski definition) is 1. The summed E-state index contributed by atoms with van der Waals surface area (Å²) in [6, 6.07) is 18.5. The Kier molecular flexibility index (Phi) is 3.25. The van der Waals surface area contributed by atoms with E-state index < -0.39 is 0 Å². The van der Waals surface area contributed by atoms with Gasteiger partial charge in [0.05, 0.1) is 0 Å². The number of benzene rings is 2. The molecule has 2 heteroatoms. The second kappa shape index (κ2) is 5.21. The minimum Gasteiger partial charge on any atom is -0.361 e. The van der Waals surface area contributed by atoms with Crippen LogP contribution in [0.25, 0.3) is 23.1 Å². The van der Waals surface area contributed by atoms with Crippen LogP contribution < -0.4 is 0 Å². The molecule has 0 amide bonds. The number of H-pyrrole nitrogens is 1. The van der Waals surface area contributed by atoms with Gasteiger partial charge in [0.25, 0.3) is 0 Å². The lowest BCUT2D eigenvalue weighted by atomic mass is 10.1. The van der Waals surface area contributed by atoms with Crippen molar-refractivity contribution in [2.45, 2.75) is 0 Å². The lowest BCUT2D eigenvalue weighted by molar-refractivity contribution is 1.40. The van der Waals surface area contributed by atoms with Crippen molar-refractivity contribution >= 4 is 35.3 Å². The molecule has 0 radical (unpaired) electrons. The van der Waals surface area contributed by atoms with Crippen molar-refractivity contribution in [3.8, 4) is 0 Å². The monoisotopic (exact) mass is 263 g/mol. The molecule has 3 aromatic rings. The summed E-state index contributed by atoms with van der Waals surface area (Å²) in [5.74, 6) is 0. The molecule has 3 rings (SSSR count). The van der Waals surface area contributed by atoms with E-state index in [2.05, 4.69) is 47.5 Å². The molecule has 0 unspecified atom stereocenters. The van der Waals surface area contributed by atoms with E-state index in [-0.39, 0.29) is 0 Å². The summed E-state index contributed by atoms with van der Waals surface area (Å²) in [6.45, 7) is 0. The minimum atomic E-state index is 0.882. The number of fused-ring (bicyclic) bond motifs is 1. The van der Waals surface area contributed by atoms with Crippen molar-refractivity contribution in [2.24, 2.45) is 0 Å². The predicted molar refractivity (Wildman–Crippen MR) is 84.5 cm³/mol. The third-order valence-corrected chi connectivity index (χ3v) is 3.41. The first-order valence-corrected chi connectivity index (χ1v) is 6.58. The fraction of sp³-hybridized carbons (Fsp3) is 0. The Bertz CT molecular complexity index is 785. The second-order valence-electron chi connectivity index (χ2n) is 4.39. The summed E-state index contributed by atoms with van der Waals surface area (Å²) >= 11 is 5.30. The Morgan fingerprint density at radius 1 is 0.842 bits per heavy atom. The number of pyridine rings is 1. The van der Waals surface area contributed by atoms with E-state index in [9.17, 15) is 0 Å². The lowest BCUT2D eigenvalue weighted by Gasteiger charge is -2.00. The normalized spacial score (nSPS) is 11.2. The number of aromatic nitrogens is 1. The fourth-order valence-electron chi connectivity index (χ4n) is 2.05. The highest BCUT2D eigenvalue weighted by molar-refractivity contribution is 7.71. The third-order valence-electron chi connectivity index (χ3n) is 3.05. The maximum absolute atomic E-state index is 5.30. The fourth-order valence-corrected chi connectivity index (χ4v) is 2.30. The van der Waals surface area contributed by atoms with Crippen LogP contribution in [-0.4, -0.2) is 4.98 Å². The predicted octanol–water partition coefficient (Wildman–Crippen LogP) is 5.07. The van der Waals surface area contributed by atoms with Crippen LogP contribution in [0.15, 0.2) is 60.8 Å².